The highest BCUT2D eigenvalue weighted by molar-refractivity contribution is 5.98. The van der Waals surface area contributed by atoms with E-state index in [4.69, 9.17) is 0 Å². The molecule has 6 rings (SSSR count). The van der Waals surface area contributed by atoms with Crippen LogP contribution in [0, 0.1) is 68.5 Å². The summed E-state index contributed by atoms with van der Waals surface area (Å²) in [6.45, 7) is 27.2. The zero-order valence-electron chi connectivity index (χ0n) is 42.3. The van der Waals surface area contributed by atoms with Gasteiger partial charge in [0, 0.05) is 5.56 Å². The molecule has 0 spiro atoms. The molecule has 1 aliphatic rings. The Kier molecular flexibility index (Phi) is 14.2. The average Bonchev–Trinajstić information content (AvgIpc) is 3.28. The van der Waals surface area contributed by atoms with Gasteiger partial charge in [0.1, 0.15) is 0 Å². The van der Waals surface area contributed by atoms with Crippen LogP contribution in [0.4, 0.5) is 0 Å². The van der Waals surface area contributed by atoms with Gasteiger partial charge in [-0.3, -0.25) is 0 Å². The quantitative estimate of drug-likeness (QED) is 0.143. The first-order chi connectivity index (χ1) is 32.3. The van der Waals surface area contributed by atoms with E-state index in [9.17, 15) is 26.3 Å². The molecule has 0 atom stereocenters. The van der Waals surface area contributed by atoms with Gasteiger partial charge < -0.3 is 0 Å². The van der Waals surface area contributed by atoms with Gasteiger partial charge in [-0.2, -0.15) is 26.3 Å². The van der Waals surface area contributed by atoms with Crippen molar-refractivity contribution in [3.8, 4) is 42.2 Å². The molecule has 0 amide bonds. The van der Waals surface area contributed by atoms with Gasteiger partial charge >= 0.3 is 0 Å². The van der Waals surface area contributed by atoms with E-state index >= 15 is 0 Å². The number of nitrogens with zero attached hydrogens (tertiary/aromatic N) is 5. The fourth-order valence-corrected chi connectivity index (χ4v) is 8.14. The van der Waals surface area contributed by atoms with Gasteiger partial charge in [0.15, 0.2) is 0 Å². The van der Waals surface area contributed by atoms with E-state index in [2.05, 4.69) is 150 Å². The molecule has 0 aliphatic heterocycles. The Hall–Kier alpha value is -8.19. The van der Waals surface area contributed by atoms with Gasteiger partial charge in [-0.1, -0.05) is 113 Å². The van der Waals surface area contributed by atoms with Gasteiger partial charge in [-0.15, -0.1) is 5.92 Å². The number of rotatable bonds is 0. The molecule has 10 bridgehead atoms. The highest BCUT2D eigenvalue weighted by atomic mass is 14.3. The third kappa shape index (κ3) is 12.0. The van der Waals surface area contributed by atoms with Crippen molar-refractivity contribution in [1.29, 1.82) is 26.3 Å². The highest BCUT2D eigenvalue weighted by Gasteiger charge is 2.22. The Balaban J connectivity index is 1.79. The molecule has 0 fully saturated rings. The summed E-state index contributed by atoms with van der Waals surface area (Å²) in [5, 5.41) is 54.4. The maximum atomic E-state index is 10.9. The van der Waals surface area contributed by atoms with E-state index in [1.165, 1.54) is 0 Å². The minimum Gasteiger partial charge on any atom is -0.192 e. The molecule has 1 aliphatic carbocycles. The van der Waals surface area contributed by atoms with Gasteiger partial charge in [0.05, 0.1) is 58.2 Å². The third-order valence-electron chi connectivity index (χ3n) is 12.2. The van der Waals surface area contributed by atoms with E-state index < -0.39 is 0 Å². The van der Waals surface area contributed by atoms with Crippen LogP contribution in [0.5, 0.6) is 0 Å². The molecule has 0 saturated heterocycles. The fraction of sp³-hybridized carbons (Fsp3) is 0.266. The second-order valence-corrected chi connectivity index (χ2v) is 21.9. The number of benzene rings is 5. The summed E-state index contributed by atoms with van der Waals surface area (Å²) in [6, 6.07) is 42.2. The molecule has 5 aromatic rings. The SMILES string of the molecule is CC#Cc1cc2cc(c1)/C(C#N)=C/c1cc(cc(C(C)(C)C)c1)/C(C#N)=C/c1cc(cc(C(C)(C)C)c1)/C(C#N)=C/c1cc(cc(C(C)(C)C)c1)/C(C#N)=C/c1cc(cc(C(C)(C)C)c1)C(C#N)=C2. The molecule has 0 saturated carbocycles. The standard InChI is InChI=1S/C64H59N5/c1-14-15-41-16-42-18-47(17-41)52(36-65)24-43-19-49(33-57(28-43)61(2,3)4)54(38-67)26-45-21-51(35-59(30-45)63(8,9)10)56(40-69)27-46-22-50(34-60(31-46)64(11,12)13)55(39-68)25-44-20-48(53(23-42)37-66)32-58(29-44)62(5,6)7/h16-35H,1-13H3/b52-24+,53-23?,54-26+,55-25+,56-27+. The van der Waals surface area contributed by atoms with Crippen LogP contribution in [-0.4, -0.2) is 0 Å². The molecule has 0 radical (unpaired) electrons. The van der Waals surface area contributed by atoms with Crippen LogP contribution < -0.4 is 0 Å². The van der Waals surface area contributed by atoms with Crippen molar-refractivity contribution in [2.75, 3.05) is 0 Å². The maximum Gasteiger partial charge on any atom is 0.0998 e. The summed E-state index contributed by atoms with van der Waals surface area (Å²) in [5.41, 5.74) is 12.6. The monoisotopic (exact) mass is 897 g/mol. The lowest BCUT2D eigenvalue weighted by Crippen LogP contribution is -2.12. The number of hydrogen-bond acceptors (Lipinski definition) is 5. The average molecular weight is 898 g/mol. The van der Waals surface area contributed by atoms with Crippen molar-refractivity contribution < 1.29 is 0 Å². The first-order valence-electron chi connectivity index (χ1n) is 23.2. The molecule has 0 unspecified atom stereocenters. The Bertz CT molecular complexity index is 3330. The van der Waals surface area contributed by atoms with Crippen LogP contribution in [0.2, 0.25) is 0 Å². The lowest BCUT2D eigenvalue weighted by molar-refractivity contribution is 0.589. The van der Waals surface area contributed by atoms with Crippen molar-refractivity contribution in [3.05, 3.63) is 174 Å². The van der Waals surface area contributed by atoms with Crippen LogP contribution >= 0.6 is 0 Å². The van der Waals surface area contributed by atoms with E-state index in [0.717, 1.165) is 44.5 Å². The van der Waals surface area contributed by atoms with Crippen molar-refractivity contribution >= 4 is 58.2 Å². The molecular formula is C64H59N5. The van der Waals surface area contributed by atoms with Crippen molar-refractivity contribution in [3.63, 3.8) is 0 Å². The summed E-state index contributed by atoms with van der Waals surface area (Å²) in [6.07, 6.45) is 9.28. The van der Waals surface area contributed by atoms with E-state index in [1.807, 2.05) is 97.1 Å². The molecule has 0 heterocycles. The summed E-state index contributed by atoms with van der Waals surface area (Å²) in [7, 11) is 0. The lowest BCUT2D eigenvalue weighted by Gasteiger charge is -2.22. The predicted octanol–water partition coefficient (Wildman–Crippen LogP) is 15.9. The van der Waals surface area contributed by atoms with Crippen LogP contribution in [0.3, 0.4) is 0 Å². The normalized spacial score (nSPS) is 16.3. The summed E-state index contributed by atoms with van der Waals surface area (Å²) in [4.78, 5) is 0. The number of nitriles is 5. The topological polar surface area (TPSA) is 119 Å². The maximum absolute atomic E-state index is 10.9. The number of hydrogen-bond donors (Lipinski definition) is 0. The van der Waals surface area contributed by atoms with Crippen LogP contribution in [-0.2, 0) is 21.7 Å². The summed E-state index contributed by atoms with van der Waals surface area (Å²) in [5.74, 6) is 6.17. The zero-order valence-corrected chi connectivity index (χ0v) is 42.3. The van der Waals surface area contributed by atoms with Crippen LogP contribution in [0.15, 0.2) is 91.0 Å². The Morgan fingerprint density at radius 3 is 0.710 bits per heavy atom. The van der Waals surface area contributed by atoms with E-state index in [0.29, 0.717) is 66.8 Å². The van der Waals surface area contributed by atoms with Gasteiger partial charge in [0.25, 0.3) is 0 Å². The molecule has 340 valence electrons. The molecule has 0 aromatic heterocycles. The molecule has 0 N–H and O–H groups in total. The molecule has 5 aromatic carbocycles. The third-order valence-corrected chi connectivity index (χ3v) is 12.2. The van der Waals surface area contributed by atoms with Crippen molar-refractivity contribution in [2.24, 2.45) is 0 Å². The number of allylic oxidation sites excluding steroid dienone is 5. The molecule has 5 heteroatoms. The summed E-state index contributed by atoms with van der Waals surface area (Å²) < 4.78 is 0. The molecule has 5 nitrogen and oxygen atoms in total. The minimum atomic E-state index is -0.306. The Morgan fingerprint density at radius 1 is 0.290 bits per heavy atom. The van der Waals surface area contributed by atoms with Crippen LogP contribution in [0.25, 0.3) is 58.2 Å². The second kappa shape index (κ2) is 19.6. The van der Waals surface area contributed by atoms with Gasteiger partial charge in [-0.25, -0.2) is 0 Å². The van der Waals surface area contributed by atoms with Crippen molar-refractivity contribution in [1.82, 2.24) is 0 Å². The lowest BCUT2D eigenvalue weighted by atomic mass is 9.82. The smallest absolute Gasteiger partial charge is 0.0998 e. The largest absolute Gasteiger partial charge is 0.192 e. The minimum absolute atomic E-state index is 0.301. The van der Waals surface area contributed by atoms with Gasteiger partial charge in [-0.05, 0) is 204 Å². The van der Waals surface area contributed by atoms with Crippen molar-refractivity contribution in [2.45, 2.75) is 112 Å². The molecular weight excluding hydrogens is 839 g/mol. The van der Waals surface area contributed by atoms with E-state index in [1.54, 1.807) is 6.92 Å². The van der Waals surface area contributed by atoms with E-state index in [-0.39, 0.29) is 21.7 Å². The highest BCUT2D eigenvalue weighted by Crippen LogP contribution is 2.36. The second-order valence-electron chi connectivity index (χ2n) is 21.9. The first kappa shape index (κ1) is 50.2. The fourth-order valence-electron chi connectivity index (χ4n) is 8.14. The zero-order chi connectivity index (χ0) is 50.6. The Labute approximate surface area is 411 Å². The number of fused-ring (bicyclic) bond motifs is 10. The summed E-state index contributed by atoms with van der Waals surface area (Å²) >= 11 is 0. The van der Waals surface area contributed by atoms with Crippen LogP contribution in [0.1, 0.15) is 173 Å². The molecule has 69 heavy (non-hydrogen) atoms. The predicted molar refractivity (Wildman–Crippen MR) is 287 cm³/mol. The Morgan fingerprint density at radius 2 is 0.507 bits per heavy atom. The van der Waals surface area contributed by atoms with Gasteiger partial charge in [0.2, 0.25) is 0 Å². The first-order valence-corrected chi connectivity index (χ1v) is 23.2.